The van der Waals surface area contributed by atoms with Crippen molar-refractivity contribution < 1.29 is 18.0 Å². The Morgan fingerprint density at radius 1 is 0.806 bits per heavy atom. The van der Waals surface area contributed by atoms with Crippen LogP contribution in [0.3, 0.4) is 0 Å². The van der Waals surface area contributed by atoms with Gasteiger partial charge >= 0.3 is 6.18 Å². The van der Waals surface area contributed by atoms with Gasteiger partial charge < -0.3 is 0 Å². The smallest absolute Gasteiger partial charge is 0.298 e. The summed E-state index contributed by atoms with van der Waals surface area (Å²) in [6.07, 6.45) is -2.33. The van der Waals surface area contributed by atoms with Crippen molar-refractivity contribution >= 4 is 27.8 Å². The highest BCUT2D eigenvalue weighted by Gasteiger charge is 2.30. The largest absolute Gasteiger partial charge is 0.416 e. The molecule has 5 aromatic rings. The summed E-state index contributed by atoms with van der Waals surface area (Å²) >= 11 is 0. The number of aldehydes is 1. The zero-order valence-electron chi connectivity index (χ0n) is 16.1. The molecule has 0 spiro atoms. The number of rotatable bonds is 3. The molecule has 0 saturated heterocycles. The van der Waals surface area contributed by atoms with Crippen LogP contribution in [0.4, 0.5) is 13.2 Å². The Bertz CT molecular complexity index is 1450. The van der Waals surface area contributed by atoms with Crippen LogP contribution in [0.15, 0.2) is 85.1 Å². The first-order valence-corrected chi connectivity index (χ1v) is 9.59. The lowest BCUT2D eigenvalue weighted by Crippen LogP contribution is -2.06. The molecule has 31 heavy (non-hydrogen) atoms. The molecule has 0 unspecified atom stereocenters. The Morgan fingerprint density at radius 2 is 1.52 bits per heavy atom. The predicted octanol–water partition coefficient (Wildman–Crippen LogP) is 6.68. The van der Waals surface area contributed by atoms with Crippen molar-refractivity contribution in [1.29, 1.82) is 0 Å². The number of hydrogen-bond acceptors (Lipinski definition) is 2. The summed E-state index contributed by atoms with van der Waals surface area (Å²) in [4.78, 5) is 11.8. The van der Waals surface area contributed by atoms with Gasteiger partial charge in [-0.15, -0.1) is 0 Å². The van der Waals surface area contributed by atoms with E-state index in [1.54, 1.807) is 0 Å². The Hall–Kier alpha value is -3.93. The molecule has 4 aromatic carbocycles. The number of benzene rings is 4. The van der Waals surface area contributed by atoms with Crippen LogP contribution in [-0.2, 0) is 6.18 Å². The molecule has 0 fully saturated rings. The van der Waals surface area contributed by atoms with Gasteiger partial charge in [0.2, 0.25) is 0 Å². The summed E-state index contributed by atoms with van der Waals surface area (Å²) in [5.74, 6) is 0. The molecule has 152 valence electrons. The van der Waals surface area contributed by atoms with Crippen LogP contribution in [0.2, 0.25) is 0 Å². The van der Waals surface area contributed by atoms with E-state index in [-0.39, 0.29) is 5.69 Å². The van der Waals surface area contributed by atoms with Crippen molar-refractivity contribution in [3.63, 3.8) is 0 Å². The lowest BCUT2D eigenvalue weighted by Gasteiger charge is -2.10. The molecule has 3 nitrogen and oxygen atoms in total. The van der Waals surface area contributed by atoms with Gasteiger partial charge in [0.25, 0.3) is 0 Å². The monoisotopic (exact) mass is 416 g/mol. The van der Waals surface area contributed by atoms with Crippen LogP contribution in [0.25, 0.3) is 38.5 Å². The van der Waals surface area contributed by atoms with Crippen LogP contribution < -0.4 is 0 Å². The fourth-order valence-corrected chi connectivity index (χ4v) is 3.89. The molecule has 6 heteroatoms. The Balaban J connectivity index is 1.75. The number of fused-ring (bicyclic) bond motifs is 3. The molecule has 5 rings (SSSR count). The van der Waals surface area contributed by atoms with Gasteiger partial charge in [-0.1, -0.05) is 54.6 Å². The van der Waals surface area contributed by atoms with E-state index in [4.69, 9.17) is 0 Å². The lowest BCUT2D eigenvalue weighted by molar-refractivity contribution is -0.137. The number of halogens is 3. The second kappa shape index (κ2) is 7.09. The molecule has 0 radical (unpaired) electrons. The first-order valence-electron chi connectivity index (χ1n) is 9.59. The second-order valence-corrected chi connectivity index (χ2v) is 7.23. The fourth-order valence-electron chi connectivity index (χ4n) is 3.89. The van der Waals surface area contributed by atoms with Crippen molar-refractivity contribution in [2.24, 2.45) is 0 Å². The number of nitrogens with zero attached hydrogens (tertiary/aromatic N) is 2. The highest BCUT2D eigenvalue weighted by atomic mass is 19.4. The Labute approximate surface area is 175 Å². The van der Waals surface area contributed by atoms with Crippen molar-refractivity contribution in [3.8, 4) is 16.9 Å². The zero-order chi connectivity index (χ0) is 21.6. The first-order chi connectivity index (χ1) is 15.0. The van der Waals surface area contributed by atoms with Crippen LogP contribution in [0, 0.1) is 0 Å². The van der Waals surface area contributed by atoms with Crippen molar-refractivity contribution in [1.82, 2.24) is 9.78 Å². The van der Waals surface area contributed by atoms with E-state index in [0.717, 1.165) is 39.2 Å². The third kappa shape index (κ3) is 3.26. The summed E-state index contributed by atoms with van der Waals surface area (Å²) in [6.45, 7) is 0. The highest BCUT2D eigenvalue weighted by molar-refractivity contribution is 6.14. The summed E-state index contributed by atoms with van der Waals surface area (Å²) in [5.41, 5.74) is 0.939. The van der Waals surface area contributed by atoms with E-state index >= 15 is 0 Å². The number of alkyl halides is 3. The van der Waals surface area contributed by atoms with E-state index in [1.165, 1.54) is 23.0 Å². The van der Waals surface area contributed by atoms with Gasteiger partial charge in [-0.3, -0.25) is 4.79 Å². The number of carbonyl (C=O) groups excluding carboxylic acids is 1. The molecule has 0 aliphatic carbocycles. The maximum absolute atomic E-state index is 13.1. The molecule has 0 saturated carbocycles. The van der Waals surface area contributed by atoms with Crippen molar-refractivity contribution in [2.75, 3.05) is 0 Å². The predicted molar refractivity (Wildman–Crippen MR) is 114 cm³/mol. The van der Waals surface area contributed by atoms with E-state index < -0.39 is 11.7 Å². The maximum atomic E-state index is 13.1. The minimum atomic E-state index is -4.46. The molecule has 1 heterocycles. The van der Waals surface area contributed by atoms with Crippen LogP contribution in [0.1, 0.15) is 15.9 Å². The van der Waals surface area contributed by atoms with E-state index in [2.05, 4.69) is 5.10 Å². The topological polar surface area (TPSA) is 34.9 Å². The van der Waals surface area contributed by atoms with E-state index in [1.807, 2.05) is 54.6 Å². The SMILES string of the molecule is O=Cc1cn(-c2cccc(C(F)(F)F)c2)nc1-c1cc2ccccc2c2ccccc12. The quantitative estimate of drug-likeness (QED) is 0.243. The molecule has 0 atom stereocenters. The Morgan fingerprint density at radius 3 is 2.26 bits per heavy atom. The van der Waals surface area contributed by atoms with Crippen LogP contribution in [0.5, 0.6) is 0 Å². The Kier molecular flexibility index (Phi) is 4.36. The first kappa shape index (κ1) is 19.1. The van der Waals surface area contributed by atoms with Gasteiger partial charge in [0.15, 0.2) is 6.29 Å². The van der Waals surface area contributed by atoms with Gasteiger partial charge in [0.1, 0.15) is 5.69 Å². The summed E-state index contributed by atoms with van der Waals surface area (Å²) in [7, 11) is 0. The molecule has 0 N–H and O–H groups in total. The number of aromatic nitrogens is 2. The second-order valence-electron chi connectivity index (χ2n) is 7.23. The van der Waals surface area contributed by atoms with Gasteiger partial charge in [-0.2, -0.15) is 18.3 Å². The van der Waals surface area contributed by atoms with Crippen LogP contribution in [-0.4, -0.2) is 16.1 Å². The average Bonchev–Trinajstić information content (AvgIpc) is 3.22. The zero-order valence-corrected chi connectivity index (χ0v) is 16.1. The number of hydrogen-bond donors (Lipinski definition) is 0. The molecular formula is C25H15F3N2O. The third-order valence-electron chi connectivity index (χ3n) is 5.33. The average molecular weight is 416 g/mol. The third-order valence-corrected chi connectivity index (χ3v) is 5.33. The van der Waals surface area contributed by atoms with Crippen molar-refractivity contribution in [2.45, 2.75) is 6.18 Å². The van der Waals surface area contributed by atoms with Gasteiger partial charge in [0, 0.05) is 11.8 Å². The normalized spacial score (nSPS) is 11.8. The molecule has 0 aliphatic heterocycles. The van der Waals surface area contributed by atoms with Gasteiger partial charge in [0.05, 0.1) is 16.8 Å². The van der Waals surface area contributed by atoms with E-state index in [9.17, 15) is 18.0 Å². The maximum Gasteiger partial charge on any atom is 0.416 e. The fraction of sp³-hybridized carbons (Fsp3) is 0.0400. The molecule has 0 bridgehead atoms. The lowest BCUT2D eigenvalue weighted by atomic mass is 9.95. The summed E-state index contributed by atoms with van der Waals surface area (Å²) < 4.78 is 40.7. The van der Waals surface area contributed by atoms with Crippen molar-refractivity contribution in [3.05, 3.63) is 96.2 Å². The highest BCUT2D eigenvalue weighted by Crippen LogP contribution is 2.36. The van der Waals surface area contributed by atoms with Crippen LogP contribution >= 0.6 is 0 Å². The molecule has 1 aromatic heterocycles. The van der Waals surface area contributed by atoms with E-state index in [0.29, 0.717) is 17.5 Å². The summed E-state index contributed by atoms with van der Waals surface area (Å²) in [6, 6.07) is 22.6. The standard InChI is InChI=1S/C25H15F3N2O/c26-25(27,28)18-7-5-8-19(13-18)30-14-17(15-31)24(29-30)23-12-16-6-1-2-9-20(16)21-10-3-4-11-22(21)23/h1-15H. The van der Waals surface area contributed by atoms with Gasteiger partial charge in [-0.25, -0.2) is 4.68 Å². The minimum Gasteiger partial charge on any atom is -0.298 e. The molecule has 0 aliphatic rings. The van der Waals surface area contributed by atoms with Gasteiger partial charge in [-0.05, 0) is 45.8 Å². The summed E-state index contributed by atoms with van der Waals surface area (Å²) in [5, 5.41) is 8.51. The molecule has 0 amide bonds. The molecular weight excluding hydrogens is 401 g/mol. The number of carbonyl (C=O) groups is 1. The minimum absolute atomic E-state index is 0.231.